The van der Waals surface area contributed by atoms with Gasteiger partial charge < -0.3 is 10.2 Å². The summed E-state index contributed by atoms with van der Waals surface area (Å²) in [6.45, 7) is 7.36. The van der Waals surface area contributed by atoms with E-state index in [4.69, 9.17) is 0 Å². The van der Waals surface area contributed by atoms with E-state index < -0.39 is 0 Å². The lowest BCUT2D eigenvalue weighted by molar-refractivity contribution is 0.0752. The van der Waals surface area contributed by atoms with Gasteiger partial charge in [-0.2, -0.15) is 0 Å². The van der Waals surface area contributed by atoms with Crippen molar-refractivity contribution in [2.45, 2.75) is 27.3 Å². The predicted octanol–water partition coefficient (Wildman–Crippen LogP) is 5.10. The van der Waals surface area contributed by atoms with Crippen LogP contribution in [0.15, 0.2) is 67.0 Å². The molecule has 0 spiro atoms. The summed E-state index contributed by atoms with van der Waals surface area (Å²) in [5.41, 5.74) is 5.91. The molecule has 0 bridgehead atoms. The maximum atomic E-state index is 13.0. The Balaban J connectivity index is 1.78. The Morgan fingerprint density at radius 1 is 1.04 bits per heavy atom. The molecular formula is C23H25N3O. The lowest BCUT2D eigenvalue weighted by atomic mass is 10.1. The SMILES string of the molecule is CCN(Cc1ccccc1)C(=O)c1cncc(Nc2ccc(C)cc2C)c1. The molecule has 1 heterocycles. The van der Waals surface area contributed by atoms with Crippen LogP contribution < -0.4 is 5.32 Å². The topological polar surface area (TPSA) is 45.2 Å². The van der Waals surface area contributed by atoms with Crippen molar-refractivity contribution in [3.8, 4) is 0 Å². The number of anilines is 2. The van der Waals surface area contributed by atoms with Gasteiger partial charge in [-0.1, -0.05) is 48.0 Å². The molecule has 1 amide bonds. The molecule has 3 aromatic rings. The Morgan fingerprint density at radius 3 is 2.52 bits per heavy atom. The van der Waals surface area contributed by atoms with Gasteiger partial charge in [0, 0.05) is 25.0 Å². The quantitative estimate of drug-likeness (QED) is 0.665. The molecule has 0 saturated carbocycles. The third-order valence-corrected chi connectivity index (χ3v) is 4.53. The highest BCUT2D eigenvalue weighted by Crippen LogP contribution is 2.22. The van der Waals surface area contributed by atoms with E-state index in [1.807, 2.05) is 54.3 Å². The van der Waals surface area contributed by atoms with Gasteiger partial charge in [-0.05, 0) is 44.0 Å². The van der Waals surface area contributed by atoms with E-state index in [0.29, 0.717) is 18.7 Å². The van der Waals surface area contributed by atoms with Crippen LogP contribution in [-0.2, 0) is 6.54 Å². The van der Waals surface area contributed by atoms with Crippen molar-refractivity contribution in [1.29, 1.82) is 0 Å². The van der Waals surface area contributed by atoms with E-state index >= 15 is 0 Å². The summed E-state index contributed by atoms with van der Waals surface area (Å²) >= 11 is 0. The number of aromatic nitrogens is 1. The number of nitrogens with zero attached hydrogens (tertiary/aromatic N) is 2. The molecule has 1 N–H and O–H groups in total. The summed E-state index contributed by atoms with van der Waals surface area (Å²) in [4.78, 5) is 19.0. The van der Waals surface area contributed by atoms with Crippen LogP contribution in [0.25, 0.3) is 0 Å². The molecule has 27 heavy (non-hydrogen) atoms. The van der Waals surface area contributed by atoms with Crippen LogP contribution in [0.2, 0.25) is 0 Å². The summed E-state index contributed by atoms with van der Waals surface area (Å²) in [5.74, 6) is -0.0156. The molecule has 0 aliphatic carbocycles. The number of hydrogen-bond acceptors (Lipinski definition) is 3. The first-order chi connectivity index (χ1) is 13.1. The minimum absolute atomic E-state index is 0.0156. The fourth-order valence-electron chi connectivity index (χ4n) is 3.05. The van der Waals surface area contributed by atoms with Gasteiger partial charge >= 0.3 is 0 Å². The molecular weight excluding hydrogens is 334 g/mol. The fraction of sp³-hybridized carbons (Fsp3) is 0.217. The van der Waals surface area contributed by atoms with E-state index in [1.165, 1.54) is 5.56 Å². The van der Waals surface area contributed by atoms with Crippen molar-refractivity contribution in [3.05, 3.63) is 89.2 Å². The number of rotatable bonds is 6. The summed E-state index contributed by atoms with van der Waals surface area (Å²) < 4.78 is 0. The van der Waals surface area contributed by atoms with E-state index in [0.717, 1.165) is 22.5 Å². The molecule has 3 rings (SSSR count). The van der Waals surface area contributed by atoms with Gasteiger partial charge in [-0.25, -0.2) is 0 Å². The lowest BCUT2D eigenvalue weighted by Crippen LogP contribution is -2.30. The van der Waals surface area contributed by atoms with Crippen LogP contribution in [0, 0.1) is 13.8 Å². The maximum Gasteiger partial charge on any atom is 0.255 e. The van der Waals surface area contributed by atoms with Gasteiger partial charge in [0.05, 0.1) is 17.4 Å². The number of hydrogen-bond donors (Lipinski definition) is 1. The van der Waals surface area contributed by atoms with E-state index in [2.05, 4.69) is 36.3 Å². The first-order valence-corrected chi connectivity index (χ1v) is 9.19. The van der Waals surface area contributed by atoms with E-state index in [-0.39, 0.29) is 5.91 Å². The molecule has 1 aromatic heterocycles. The second-order valence-electron chi connectivity index (χ2n) is 6.71. The third kappa shape index (κ3) is 4.73. The largest absolute Gasteiger partial charge is 0.354 e. The molecule has 0 fully saturated rings. The van der Waals surface area contributed by atoms with Crippen molar-refractivity contribution in [1.82, 2.24) is 9.88 Å². The van der Waals surface area contributed by atoms with Crippen LogP contribution in [0.5, 0.6) is 0 Å². The number of benzene rings is 2. The van der Waals surface area contributed by atoms with E-state index in [9.17, 15) is 4.79 Å². The summed E-state index contributed by atoms with van der Waals surface area (Å²) in [6.07, 6.45) is 3.37. The molecule has 0 unspecified atom stereocenters. The van der Waals surface area contributed by atoms with Crippen LogP contribution in [0.1, 0.15) is 34.0 Å². The molecule has 0 saturated heterocycles. The van der Waals surface area contributed by atoms with Gasteiger partial charge in [0.15, 0.2) is 0 Å². The van der Waals surface area contributed by atoms with Crippen molar-refractivity contribution in [2.24, 2.45) is 0 Å². The average molecular weight is 359 g/mol. The molecule has 0 aliphatic rings. The van der Waals surface area contributed by atoms with Crippen molar-refractivity contribution >= 4 is 17.3 Å². The number of nitrogens with one attached hydrogen (secondary N) is 1. The zero-order valence-corrected chi connectivity index (χ0v) is 16.1. The zero-order chi connectivity index (χ0) is 19.2. The summed E-state index contributed by atoms with van der Waals surface area (Å²) in [5, 5.41) is 3.37. The number of pyridine rings is 1. The Kier molecular flexibility index (Phi) is 5.87. The summed E-state index contributed by atoms with van der Waals surface area (Å²) in [7, 11) is 0. The smallest absolute Gasteiger partial charge is 0.255 e. The number of aryl methyl sites for hydroxylation is 2. The normalized spacial score (nSPS) is 10.5. The maximum absolute atomic E-state index is 13.0. The van der Waals surface area contributed by atoms with Crippen LogP contribution in [0.4, 0.5) is 11.4 Å². The molecule has 0 aliphatic heterocycles. The molecule has 138 valence electrons. The Hall–Kier alpha value is -3.14. The minimum atomic E-state index is -0.0156. The van der Waals surface area contributed by atoms with Crippen LogP contribution >= 0.6 is 0 Å². The molecule has 4 nitrogen and oxygen atoms in total. The van der Waals surface area contributed by atoms with Gasteiger partial charge in [0.2, 0.25) is 0 Å². The Bertz CT molecular complexity index is 922. The zero-order valence-electron chi connectivity index (χ0n) is 16.1. The van der Waals surface area contributed by atoms with Crippen LogP contribution in [0.3, 0.4) is 0 Å². The monoisotopic (exact) mass is 359 g/mol. The van der Waals surface area contributed by atoms with Gasteiger partial charge in [-0.3, -0.25) is 9.78 Å². The van der Waals surface area contributed by atoms with Gasteiger partial charge in [0.1, 0.15) is 0 Å². The summed E-state index contributed by atoms with van der Waals surface area (Å²) in [6, 6.07) is 18.1. The van der Waals surface area contributed by atoms with Gasteiger partial charge in [0.25, 0.3) is 5.91 Å². The minimum Gasteiger partial charge on any atom is -0.354 e. The highest BCUT2D eigenvalue weighted by Gasteiger charge is 2.15. The molecule has 0 atom stereocenters. The highest BCUT2D eigenvalue weighted by molar-refractivity contribution is 5.95. The number of carbonyl (C=O) groups excluding carboxylic acids is 1. The second kappa shape index (κ2) is 8.49. The number of carbonyl (C=O) groups is 1. The van der Waals surface area contributed by atoms with Crippen molar-refractivity contribution in [3.63, 3.8) is 0 Å². The Morgan fingerprint density at radius 2 is 1.81 bits per heavy atom. The van der Waals surface area contributed by atoms with Gasteiger partial charge in [-0.15, -0.1) is 0 Å². The predicted molar refractivity (Wildman–Crippen MR) is 110 cm³/mol. The van der Waals surface area contributed by atoms with E-state index in [1.54, 1.807) is 12.4 Å². The first kappa shape index (κ1) is 18.6. The highest BCUT2D eigenvalue weighted by atomic mass is 16.2. The third-order valence-electron chi connectivity index (χ3n) is 4.53. The number of amides is 1. The fourth-order valence-corrected chi connectivity index (χ4v) is 3.05. The van der Waals surface area contributed by atoms with Crippen molar-refractivity contribution in [2.75, 3.05) is 11.9 Å². The standard InChI is InChI=1S/C23H25N3O/c1-4-26(16-19-8-6-5-7-9-19)23(27)20-13-21(15-24-14-20)25-22-11-10-17(2)12-18(22)3/h5-15,25H,4,16H2,1-3H3. The second-order valence-corrected chi connectivity index (χ2v) is 6.71. The molecule has 4 heteroatoms. The van der Waals surface area contributed by atoms with Crippen molar-refractivity contribution < 1.29 is 4.79 Å². The average Bonchev–Trinajstić information content (AvgIpc) is 2.69. The molecule has 2 aromatic carbocycles. The lowest BCUT2D eigenvalue weighted by Gasteiger charge is -2.21. The molecule has 0 radical (unpaired) electrons. The first-order valence-electron chi connectivity index (χ1n) is 9.19. The van der Waals surface area contributed by atoms with Crippen LogP contribution in [-0.4, -0.2) is 22.3 Å². The Labute approximate surface area is 160 Å².